The summed E-state index contributed by atoms with van der Waals surface area (Å²) >= 11 is 0. The molecule has 0 unspecified atom stereocenters. The van der Waals surface area contributed by atoms with Crippen LogP contribution >= 0.6 is 10.5 Å². The van der Waals surface area contributed by atoms with Gasteiger partial charge in [0, 0.05) is 23.3 Å². The van der Waals surface area contributed by atoms with E-state index in [0.29, 0.717) is 6.42 Å². The van der Waals surface area contributed by atoms with Crippen molar-refractivity contribution in [3.8, 4) is 0 Å². The molecule has 0 aliphatic carbocycles. The van der Waals surface area contributed by atoms with Crippen LogP contribution in [-0.4, -0.2) is 31.2 Å². The van der Waals surface area contributed by atoms with Crippen molar-refractivity contribution in [1.82, 2.24) is 19.6 Å². The summed E-state index contributed by atoms with van der Waals surface area (Å²) in [7, 11) is -1.20. The van der Waals surface area contributed by atoms with Crippen LogP contribution in [0.3, 0.4) is 0 Å². The number of aromatic nitrogens is 4. The van der Waals surface area contributed by atoms with E-state index in [1.54, 1.807) is 23.1 Å². The minimum Gasteiger partial charge on any atom is -0.273 e. The van der Waals surface area contributed by atoms with Crippen molar-refractivity contribution in [1.29, 1.82) is 0 Å². The molecule has 4 rings (SSSR count). The normalized spacial score (nSPS) is 16.4. The first-order valence-electron chi connectivity index (χ1n) is 6.68. The Bertz CT molecular complexity index is 945. The molecule has 1 aliphatic rings. The lowest BCUT2D eigenvalue weighted by Crippen LogP contribution is -2.04. The second-order valence-corrected chi connectivity index (χ2v) is 7.26. The number of carbonyl (C=O) groups excluding carboxylic acids is 1. The summed E-state index contributed by atoms with van der Waals surface area (Å²) in [6.45, 7) is 0. The number of rotatable bonds is 1. The first-order valence-corrected chi connectivity index (χ1v) is 8.38. The maximum absolute atomic E-state index is 11.8. The van der Waals surface area contributed by atoms with E-state index in [2.05, 4.69) is 20.1 Å². The molecule has 0 spiro atoms. The zero-order valence-corrected chi connectivity index (χ0v) is 12.1. The van der Waals surface area contributed by atoms with Crippen LogP contribution in [0.4, 0.5) is 0 Å². The van der Waals surface area contributed by atoms with E-state index >= 15 is 0 Å². The van der Waals surface area contributed by atoms with Gasteiger partial charge in [-0.15, -0.1) is 5.10 Å². The zero-order valence-electron chi connectivity index (χ0n) is 11.1. The molecule has 0 atom stereocenters. The largest absolute Gasteiger partial charge is 0.273 e. The van der Waals surface area contributed by atoms with Crippen molar-refractivity contribution in [2.45, 2.75) is 11.6 Å². The van der Waals surface area contributed by atoms with E-state index in [1.807, 2.05) is 24.3 Å². The van der Waals surface area contributed by atoms with Crippen molar-refractivity contribution in [3.63, 3.8) is 0 Å². The van der Waals surface area contributed by atoms with E-state index in [9.17, 15) is 4.79 Å². The Hall–Kier alpha value is -2.41. The Labute approximate surface area is 122 Å². The Balaban J connectivity index is 2.05. The van der Waals surface area contributed by atoms with Crippen molar-refractivity contribution in [3.05, 3.63) is 52.7 Å². The van der Waals surface area contributed by atoms with Crippen molar-refractivity contribution < 1.29 is 4.79 Å². The summed E-state index contributed by atoms with van der Waals surface area (Å²) in [5, 5.41) is 6.14. The second-order valence-electron chi connectivity index (χ2n) is 4.82. The smallest absolute Gasteiger partial charge is 0.247 e. The molecular weight excluding hydrogens is 286 g/mol. The fourth-order valence-corrected chi connectivity index (χ4v) is 4.91. The van der Waals surface area contributed by atoms with Gasteiger partial charge in [0.25, 0.3) is 0 Å². The molecule has 1 aromatic carbocycles. The van der Waals surface area contributed by atoms with Gasteiger partial charge >= 0.3 is 0 Å². The number of benzene rings is 1. The molecule has 1 amide bonds. The van der Waals surface area contributed by atoms with Crippen LogP contribution in [0.25, 0.3) is 5.65 Å². The number of nitrogens with zero attached hydrogens (tertiary/aromatic N) is 5. The van der Waals surface area contributed by atoms with Gasteiger partial charge in [0.1, 0.15) is 0 Å². The first kappa shape index (κ1) is 12.3. The zero-order chi connectivity index (χ0) is 14.2. The van der Waals surface area contributed by atoms with E-state index < -0.39 is 10.5 Å². The molecule has 3 aromatic rings. The minimum absolute atomic E-state index is 0.0621. The Morgan fingerprint density at radius 1 is 1.24 bits per heavy atom. The van der Waals surface area contributed by atoms with Gasteiger partial charge in [-0.2, -0.15) is 10.5 Å². The van der Waals surface area contributed by atoms with Gasteiger partial charge in [-0.05, 0) is 17.9 Å². The predicted octanol–water partition coefficient (Wildman–Crippen LogP) is 0.718. The predicted molar refractivity (Wildman–Crippen MR) is 80.4 cm³/mol. The highest BCUT2D eigenvalue weighted by atomic mass is 32.2. The van der Waals surface area contributed by atoms with Crippen LogP contribution in [0.15, 0.2) is 53.0 Å². The fraction of sp³-hybridized carbons (Fsp3) is 0.143. The summed E-state index contributed by atoms with van der Waals surface area (Å²) in [4.78, 5) is 24.6. The monoisotopic (exact) mass is 299 g/mol. The number of carbonyl (C=O) groups is 1. The van der Waals surface area contributed by atoms with Crippen LogP contribution < -0.4 is 5.36 Å². The number of hydrogen-bond acceptors (Lipinski definition) is 4. The van der Waals surface area contributed by atoms with Gasteiger partial charge in [0.05, 0.1) is 11.6 Å². The molecule has 6 nitrogen and oxygen atoms in total. The van der Waals surface area contributed by atoms with E-state index in [1.165, 1.54) is 0 Å². The third kappa shape index (κ3) is 2.15. The maximum atomic E-state index is 11.8. The summed E-state index contributed by atoms with van der Waals surface area (Å²) in [5.74, 6) is 0.710. The van der Waals surface area contributed by atoms with Gasteiger partial charge < -0.3 is 0 Å². The van der Waals surface area contributed by atoms with Gasteiger partial charge in [-0.25, -0.2) is 14.5 Å². The Morgan fingerprint density at radius 2 is 2.14 bits per heavy atom. The van der Waals surface area contributed by atoms with Crippen LogP contribution in [0, 0.1) is 4.51 Å². The molecule has 0 saturated heterocycles. The Kier molecular flexibility index (Phi) is 2.85. The average molecular weight is 299 g/mol. The molecule has 3 heterocycles. The van der Waals surface area contributed by atoms with Crippen molar-refractivity contribution in [2.75, 3.05) is 5.75 Å². The van der Waals surface area contributed by atoms with Crippen LogP contribution in [0.1, 0.15) is 6.42 Å². The van der Waals surface area contributed by atoms with E-state index in [-0.39, 0.29) is 5.91 Å². The highest BCUT2D eigenvalue weighted by molar-refractivity contribution is 8.09. The average Bonchev–Trinajstić information content (AvgIpc) is 2.85. The molecule has 0 saturated carbocycles. The molecule has 1 aliphatic heterocycles. The lowest BCUT2D eigenvalue weighted by molar-refractivity contribution is -0.117. The van der Waals surface area contributed by atoms with E-state index in [0.717, 1.165) is 26.4 Å². The molecule has 7 heteroatoms. The Morgan fingerprint density at radius 3 is 3.05 bits per heavy atom. The SMILES string of the molecule is O=C1CC[SH2](c2nc3cnccn3n2)=c2ccccc2=N1. The highest BCUT2D eigenvalue weighted by Crippen LogP contribution is 2.28. The summed E-state index contributed by atoms with van der Waals surface area (Å²) in [6, 6.07) is 7.81. The van der Waals surface area contributed by atoms with Gasteiger partial charge in [-0.1, -0.05) is 12.1 Å². The van der Waals surface area contributed by atoms with Crippen molar-refractivity contribution in [2.24, 2.45) is 4.99 Å². The molecule has 0 fully saturated rings. The molecule has 21 heavy (non-hydrogen) atoms. The van der Waals surface area contributed by atoms with E-state index in [4.69, 9.17) is 0 Å². The highest BCUT2D eigenvalue weighted by Gasteiger charge is 2.12. The van der Waals surface area contributed by atoms with Crippen LogP contribution in [-0.2, 0) is 4.79 Å². The van der Waals surface area contributed by atoms with Crippen LogP contribution in [0.5, 0.6) is 0 Å². The molecule has 0 N–H and O–H groups in total. The lowest BCUT2D eigenvalue weighted by atomic mass is 10.3. The maximum Gasteiger partial charge on any atom is 0.247 e. The third-order valence-electron chi connectivity index (χ3n) is 3.47. The summed E-state index contributed by atoms with van der Waals surface area (Å²) in [5.41, 5.74) is 0.731. The third-order valence-corrected chi connectivity index (χ3v) is 6.05. The quantitative estimate of drug-likeness (QED) is 0.621. The minimum atomic E-state index is -1.20. The summed E-state index contributed by atoms with van der Waals surface area (Å²) in [6.07, 6.45) is 5.61. The van der Waals surface area contributed by atoms with Gasteiger partial charge in [0.2, 0.25) is 5.91 Å². The summed E-state index contributed by atoms with van der Waals surface area (Å²) < 4.78 is 2.84. The topological polar surface area (TPSA) is 72.5 Å². The fourth-order valence-electron chi connectivity index (χ4n) is 2.49. The first-order chi connectivity index (χ1) is 10.3. The molecule has 0 radical (unpaired) electrons. The second kappa shape index (κ2) is 4.85. The standard InChI is InChI=1S/C14H13N5OS/c20-13-5-8-21(11-4-2-1-3-10(11)16-13)14-17-12-9-15-6-7-19(12)18-14/h1-4,6-7,9H,5,8,21H2. The molecule has 2 aromatic heterocycles. The number of para-hydroxylation sites is 1. The van der Waals surface area contributed by atoms with Gasteiger partial charge in [0.15, 0.2) is 10.8 Å². The van der Waals surface area contributed by atoms with Crippen LogP contribution in [0.2, 0.25) is 0 Å². The number of fused-ring (bicyclic) bond motifs is 2. The lowest BCUT2D eigenvalue weighted by Gasteiger charge is -2.05. The molecular formula is C14H13N5OS. The van der Waals surface area contributed by atoms with Gasteiger partial charge in [-0.3, -0.25) is 9.78 Å². The number of amides is 1. The molecule has 0 bridgehead atoms. The number of hydrogen-bond donors (Lipinski definition) is 0. The van der Waals surface area contributed by atoms with Crippen molar-refractivity contribution >= 4 is 22.0 Å². The molecule has 106 valence electrons.